The molecule has 0 fully saturated rings. The van der Waals surface area contributed by atoms with Crippen LogP contribution in [0, 0.1) is 22.2 Å². The second kappa shape index (κ2) is 16.4. The summed E-state index contributed by atoms with van der Waals surface area (Å²) in [5.74, 6) is 1.73. The van der Waals surface area contributed by atoms with Crippen LogP contribution in [-0.2, 0) is 9.53 Å². The van der Waals surface area contributed by atoms with E-state index in [1.165, 1.54) is 30.4 Å². The average Bonchev–Trinajstić information content (AvgIpc) is 2.67. The number of esters is 1. The normalized spacial score (nSPS) is 12.9. The molecule has 0 spiro atoms. The van der Waals surface area contributed by atoms with Crippen LogP contribution in [0.15, 0.2) is 24.3 Å². The zero-order valence-corrected chi connectivity index (χ0v) is 26.4. The zero-order chi connectivity index (χ0) is 28.0. The van der Waals surface area contributed by atoms with E-state index in [0.717, 1.165) is 12.3 Å². The van der Waals surface area contributed by atoms with Crippen molar-refractivity contribution >= 4 is 5.97 Å². The van der Waals surface area contributed by atoms with E-state index >= 15 is 0 Å². The molecule has 0 amide bonds. The molecule has 0 aliphatic rings. The molecule has 1 atom stereocenters. The number of ether oxygens (including phenoxy) is 1. The number of hydrogen-bond acceptors (Lipinski definition) is 2. The van der Waals surface area contributed by atoms with Crippen LogP contribution in [0.1, 0.15) is 153 Å². The molecule has 2 nitrogen and oxygen atoms in total. The summed E-state index contributed by atoms with van der Waals surface area (Å²) in [4.78, 5) is 11.8. The van der Waals surface area contributed by atoms with Crippen LogP contribution in [0.2, 0.25) is 0 Å². The number of carbonyl (C=O) groups is 1. The van der Waals surface area contributed by atoms with E-state index in [9.17, 15) is 4.79 Å². The highest BCUT2D eigenvalue weighted by Crippen LogP contribution is 2.34. The number of rotatable bonds is 9. The van der Waals surface area contributed by atoms with E-state index in [4.69, 9.17) is 4.74 Å². The summed E-state index contributed by atoms with van der Waals surface area (Å²) in [7, 11) is 0. The molecule has 1 aromatic rings. The van der Waals surface area contributed by atoms with Gasteiger partial charge in [0.2, 0.25) is 0 Å². The molecule has 0 saturated carbocycles. The lowest BCUT2D eigenvalue weighted by Crippen LogP contribution is -2.31. The Morgan fingerprint density at radius 2 is 1.23 bits per heavy atom. The van der Waals surface area contributed by atoms with Crippen LogP contribution >= 0.6 is 0 Å². The van der Waals surface area contributed by atoms with Gasteiger partial charge in [0, 0.05) is 0 Å². The SMILES string of the molecule is CC(C)(C)C.CC(C)COC(=O)C(C)(C)CC(C)(C)C.CCCC(CC)c1ccc(C(C)C)cc1. The van der Waals surface area contributed by atoms with E-state index in [1.807, 2.05) is 27.7 Å². The maximum atomic E-state index is 11.8. The topological polar surface area (TPSA) is 26.3 Å². The molecular formula is C33H62O2. The molecule has 0 heterocycles. The van der Waals surface area contributed by atoms with Gasteiger partial charge in [-0.25, -0.2) is 0 Å². The minimum atomic E-state index is -0.382. The first-order chi connectivity index (χ1) is 15.7. The van der Waals surface area contributed by atoms with Crippen molar-refractivity contribution in [2.45, 2.75) is 141 Å². The second-order valence-electron chi connectivity index (χ2n) is 14.3. The van der Waals surface area contributed by atoms with Gasteiger partial charge in [-0.15, -0.1) is 0 Å². The fraction of sp³-hybridized carbons (Fsp3) is 0.788. The van der Waals surface area contributed by atoms with Crippen LogP contribution in [-0.4, -0.2) is 12.6 Å². The van der Waals surface area contributed by atoms with Gasteiger partial charge in [-0.1, -0.05) is 121 Å². The molecule has 2 heteroatoms. The Kier molecular flexibility index (Phi) is 16.8. The molecule has 206 valence electrons. The van der Waals surface area contributed by atoms with Crippen molar-refractivity contribution in [3.8, 4) is 0 Å². The fourth-order valence-corrected chi connectivity index (χ4v) is 3.94. The van der Waals surface area contributed by atoms with Crippen LogP contribution in [0.25, 0.3) is 0 Å². The molecule has 0 N–H and O–H groups in total. The van der Waals surface area contributed by atoms with Gasteiger partial charge < -0.3 is 4.74 Å². The summed E-state index contributed by atoms with van der Waals surface area (Å²) in [6.45, 7) is 32.8. The van der Waals surface area contributed by atoms with Crippen LogP contribution in [0.4, 0.5) is 0 Å². The molecule has 0 aliphatic carbocycles. The number of hydrogen-bond donors (Lipinski definition) is 0. The van der Waals surface area contributed by atoms with Gasteiger partial charge in [0.15, 0.2) is 0 Å². The van der Waals surface area contributed by atoms with Crippen LogP contribution < -0.4 is 0 Å². The maximum absolute atomic E-state index is 11.8. The molecule has 0 bridgehead atoms. The summed E-state index contributed by atoms with van der Waals surface area (Å²) in [5, 5.41) is 0. The molecule has 1 rings (SSSR count). The van der Waals surface area contributed by atoms with Crippen molar-refractivity contribution in [3.63, 3.8) is 0 Å². The Bertz CT molecular complexity index is 661. The standard InChI is InChI=1S/C15H24.C13H26O2.C5H12/c1-5-7-13(6-2)15-10-8-14(9-11-15)12(3)4;1-10(2)8-15-11(14)13(6,7)9-12(3,4)5;1-5(2,3)4/h8-13H,5-7H2,1-4H3;10H,8-9H2,1-7H3;1-4H3. The summed E-state index contributed by atoms with van der Waals surface area (Å²) >= 11 is 0. The molecule has 0 aliphatic heterocycles. The average molecular weight is 491 g/mol. The van der Waals surface area contributed by atoms with E-state index in [1.54, 1.807) is 0 Å². The Morgan fingerprint density at radius 3 is 1.54 bits per heavy atom. The Hall–Kier alpha value is -1.31. The van der Waals surface area contributed by atoms with Crippen molar-refractivity contribution in [1.29, 1.82) is 0 Å². The van der Waals surface area contributed by atoms with Crippen LogP contribution in [0.3, 0.4) is 0 Å². The lowest BCUT2D eigenvalue weighted by Gasteiger charge is -2.30. The minimum Gasteiger partial charge on any atom is -0.465 e. The summed E-state index contributed by atoms with van der Waals surface area (Å²) in [5.41, 5.74) is 3.24. The molecular weight excluding hydrogens is 428 g/mol. The highest BCUT2D eigenvalue weighted by Gasteiger charge is 2.33. The van der Waals surface area contributed by atoms with Gasteiger partial charge in [-0.3, -0.25) is 4.79 Å². The molecule has 35 heavy (non-hydrogen) atoms. The van der Waals surface area contributed by atoms with Gasteiger partial charge in [-0.05, 0) is 72.8 Å². The first kappa shape index (κ1) is 35.8. The molecule has 1 aromatic carbocycles. The lowest BCUT2D eigenvalue weighted by molar-refractivity contribution is -0.156. The maximum Gasteiger partial charge on any atom is 0.311 e. The Balaban J connectivity index is 0. The van der Waals surface area contributed by atoms with Crippen molar-refractivity contribution < 1.29 is 9.53 Å². The molecule has 0 aromatic heterocycles. The second-order valence-corrected chi connectivity index (χ2v) is 14.3. The third-order valence-electron chi connectivity index (χ3n) is 5.28. The largest absolute Gasteiger partial charge is 0.465 e. The van der Waals surface area contributed by atoms with Crippen molar-refractivity contribution in [2.75, 3.05) is 6.61 Å². The van der Waals surface area contributed by atoms with Crippen molar-refractivity contribution in [3.05, 3.63) is 35.4 Å². The number of benzene rings is 1. The third kappa shape index (κ3) is 20.6. The Labute approximate surface area is 221 Å². The molecule has 1 unspecified atom stereocenters. The van der Waals surface area contributed by atoms with Gasteiger partial charge >= 0.3 is 5.97 Å². The summed E-state index contributed by atoms with van der Waals surface area (Å²) in [6, 6.07) is 9.22. The van der Waals surface area contributed by atoms with E-state index < -0.39 is 0 Å². The molecule has 0 saturated heterocycles. The highest BCUT2D eigenvalue weighted by molar-refractivity contribution is 5.75. The van der Waals surface area contributed by atoms with Gasteiger partial charge in [0.1, 0.15) is 0 Å². The Morgan fingerprint density at radius 1 is 0.800 bits per heavy atom. The van der Waals surface area contributed by atoms with Crippen molar-refractivity contribution in [2.24, 2.45) is 22.2 Å². The van der Waals surface area contributed by atoms with E-state index in [0.29, 0.717) is 23.9 Å². The monoisotopic (exact) mass is 490 g/mol. The third-order valence-corrected chi connectivity index (χ3v) is 5.28. The predicted octanol–water partition coefficient (Wildman–Crippen LogP) is 10.8. The van der Waals surface area contributed by atoms with Gasteiger partial charge in [0.25, 0.3) is 0 Å². The minimum absolute atomic E-state index is 0.0777. The number of carbonyl (C=O) groups excluding carboxylic acids is 1. The summed E-state index contributed by atoms with van der Waals surface area (Å²) < 4.78 is 5.28. The fourth-order valence-electron chi connectivity index (χ4n) is 3.94. The van der Waals surface area contributed by atoms with Crippen LogP contribution in [0.5, 0.6) is 0 Å². The quantitative estimate of drug-likeness (QED) is 0.322. The summed E-state index contributed by atoms with van der Waals surface area (Å²) in [6.07, 6.45) is 4.70. The first-order valence-electron chi connectivity index (χ1n) is 14.0. The van der Waals surface area contributed by atoms with Gasteiger partial charge in [-0.2, -0.15) is 0 Å². The van der Waals surface area contributed by atoms with E-state index in [-0.39, 0.29) is 16.8 Å². The smallest absolute Gasteiger partial charge is 0.311 e. The van der Waals surface area contributed by atoms with E-state index in [2.05, 4.69) is 100 Å². The predicted molar refractivity (Wildman–Crippen MR) is 157 cm³/mol. The molecule has 0 radical (unpaired) electrons. The van der Waals surface area contributed by atoms with Crippen molar-refractivity contribution in [1.82, 2.24) is 0 Å². The highest BCUT2D eigenvalue weighted by atomic mass is 16.5. The zero-order valence-electron chi connectivity index (χ0n) is 26.4. The van der Waals surface area contributed by atoms with Gasteiger partial charge in [0.05, 0.1) is 12.0 Å². The first-order valence-corrected chi connectivity index (χ1v) is 14.0. The lowest BCUT2D eigenvalue weighted by atomic mass is 9.76.